The van der Waals surface area contributed by atoms with E-state index >= 15 is 0 Å². The molecule has 3 rings (SSSR count). The van der Waals surface area contributed by atoms with Gasteiger partial charge in [-0.05, 0) is 30.2 Å². The van der Waals surface area contributed by atoms with E-state index in [1.54, 1.807) is 6.07 Å². The van der Waals surface area contributed by atoms with Crippen LogP contribution in [0.1, 0.15) is 24.4 Å². The molecule has 0 bridgehead atoms. The molecular weight excluding hydrogens is 375 g/mol. The van der Waals surface area contributed by atoms with Gasteiger partial charge in [-0.2, -0.15) is 13.8 Å². The molecule has 0 saturated carbocycles. The van der Waals surface area contributed by atoms with Gasteiger partial charge in [-0.3, -0.25) is 0 Å². The second kappa shape index (κ2) is 6.89. The van der Waals surface area contributed by atoms with Crippen molar-refractivity contribution < 1.29 is 13.3 Å². The van der Waals surface area contributed by atoms with Crippen molar-refractivity contribution in [1.82, 2.24) is 20.1 Å². The van der Waals surface area contributed by atoms with Crippen molar-refractivity contribution in [3.63, 3.8) is 0 Å². The molecule has 0 aliphatic heterocycles. The molecule has 25 heavy (non-hydrogen) atoms. The molecule has 1 atom stereocenters. The fourth-order valence-electron chi connectivity index (χ4n) is 2.07. The molecule has 0 fully saturated rings. The second-order valence-corrected chi connectivity index (χ2v) is 5.99. The molecule has 0 radical (unpaired) electrons. The van der Waals surface area contributed by atoms with Gasteiger partial charge >= 0.3 is 11.3 Å². The summed E-state index contributed by atoms with van der Waals surface area (Å²) in [5.74, 6) is -0.734. The number of hydrogen-bond donors (Lipinski definition) is 1. The van der Waals surface area contributed by atoms with Gasteiger partial charge in [0, 0.05) is 17.4 Å². The number of alkyl halides is 3. The molecule has 0 spiro atoms. The summed E-state index contributed by atoms with van der Waals surface area (Å²) in [5, 5.41) is 3.43. The van der Waals surface area contributed by atoms with Crippen LogP contribution < -0.4 is 5.32 Å². The van der Waals surface area contributed by atoms with Gasteiger partial charge < -0.3 is 9.84 Å². The Labute approximate surface area is 151 Å². The zero-order chi connectivity index (χ0) is 18.0. The predicted molar refractivity (Wildman–Crippen MR) is 88.6 cm³/mol. The number of nitrogens with zero attached hydrogens (tertiary/aromatic N) is 4. The van der Waals surface area contributed by atoms with Crippen molar-refractivity contribution in [3.8, 4) is 11.4 Å². The van der Waals surface area contributed by atoms with Crippen LogP contribution >= 0.6 is 23.2 Å². The van der Waals surface area contributed by atoms with E-state index in [0.717, 1.165) is 5.56 Å². The van der Waals surface area contributed by atoms with Crippen LogP contribution in [0.2, 0.25) is 5.02 Å². The summed E-state index contributed by atoms with van der Waals surface area (Å²) in [5.41, 5.74) is 1.20. The smallest absolute Gasteiger partial charge is 0.348 e. The van der Waals surface area contributed by atoms with E-state index in [0.29, 0.717) is 16.5 Å². The molecule has 0 aliphatic rings. The van der Waals surface area contributed by atoms with Crippen LogP contribution in [0.4, 0.5) is 14.7 Å². The minimum absolute atomic E-state index is 0.0824. The molecule has 0 amide bonds. The summed E-state index contributed by atoms with van der Waals surface area (Å²) in [4.78, 5) is 11.8. The van der Waals surface area contributed by atoms with Crippen molar-refractivity contribution in [3.05, 3.63) is 53.1 Å². The molecule has 6 nitrogen and oxygen atoms in total. The maximum absolute atomic E-state index is 12.9. The van der Waals surface area contributed by atoms with Gasteiger partial charge in [0.25, 0.3) is 0 Å². The molecule has 2 aromatic heterocycles. The topological polar surface area (TPSA) is 76.7 Å². The highest BCUT2D eigenvalue weighted by atomic mass is 35.5. The Morgan fingerprint density at radius 2 is 1.88 bits per heavy atom. The third-order valence-electron chi connectivity index (χ3n) is 3.30. The predicted octanol–water partition coefficient (Wildman–Crippen LogP) is 4.64. The van der Waals surface area contributed by atoms with Crippen LogP contribution in [0, 0.1) is 0 Å². The SMILES string of the molecule is CC(Nc1ncc(-c2noc(C(F)(F)Cl)n2)cn1)c1ccccc1Cl. The number of benzene rings is 1. The fourth-order valence-corrected chi connectivity index (χ4v) is 2.45. The minimum atomic E-state index is -3.72. The van der Waals surface area contributed by atoms with Gasteiger partial charge in [0.2, 0.25) is 11.8 Å². The maximum atomic E-state index is 12.9. The molecule has 0 aliphatic carbocycles. The fraction of sp³-hybridized carbons (Fsp3) is 0.200. The minimum Gasteiger partial charge on any atom is -0.348 e. The van der Waals surface area contributed by atoms with Crippen molar-refractivity contribution in [2.24, 2.45) is 0 Å². The number of hydrogen-bond acceptors (Lipinski definition) is 6. The Kier molecular flexibility index (Phi) is 4.82. The monoisotopic (exact) mass is 385 g/mol. The average molecular weight is 386 g/mol. The Morgan fingerprint density at radius 3 is 2.48 bits per heavy atom. The van der Waals surface area contributed by atoms with E-state index in [2.05, 4.69) is 29.9 Å². The summed E-state index contributed by atoms with van der Waals surface area (Å²) in [6, 6.07) is 7.27. The number of halogens is 4. The van der Waals surface area contributed by atoms with Gasteiger partial charge in [0.1, 0.15) is 0 Å². The highest BCUT2D eigenvalue weighted by Gasteiger charge is 2.35. The van der Waals surface area contributed by atoms with Crippen LogP contribution in [0.3, 0.4) is 0 Å². The van der Waals surface area contributed by atoms with Crippen LogP contribution in [0.25, 0.3) is 11.4 Å². The maximum Gasteiger partial charge on any atom is 0.400 e. The van der Waals surface area contributed by atoms with E-state index in [1.807, 2.05) is 25.1 Å². The number of rotatable bonds is 5. The summed E-state index contributed by atoms with van der Waals surface area (Å²) in [7, 11) is 0. The highest BCUT2D eigenvalue weighted by molar-refractivity contribution is 6.31. The Balaban J connectivity index is 1.74. The molecule has 0 saturated heterocycles. The van der Waals surface area contributed by atoms with Crippen molar-refractivity contribution in [1.29, 1.82) is 0 Å². The van der Waals surface area contributed by atoms with E-state index < -0.39 is 11.3 Å². The number of aromatic nitrogens is 4. The van der Waals surface area contributed by atoms with E-state index in [-0.39, 0.29) is 11.9 Å². The summed E-state index contributed by atoms with van der Waals surface area (Å²) in [6.07, 6.45) is 2.77. The van der Waals surface area contributed by atoms with Gasteiger partial charge in [-0.1, -0.05) is 35.0 Å². The van der Waals surface area contributed by atoms with Gasteiger partial charge in [-0.25, -0.2) is 9.97 Å². The van der Waals surface area contributed by atoms with E-state index in [4.69, 9.17) is 23.2 Å². The van der Waals surface area contributed by atoms with Gasteiger partial charge in [0.05, 0.1) is 11.6 Å². The Morgan fingerprint density at radius 1 is 1.20 bits per heavy atom. The highest BCUT2D eigenvalue weighted by Crippen LogP contribution is 2.32. The molecule has 10 heteroatoms. The quantitative estimate of drug-likeness (QED) is 0.644. The lowest BCUT2D eigenvalue weighted by Crippen LogP contribution is -2.09. The van der Waals surface area contributed by atoms with Crippen LogP contribution in [-0.4, -0.2) is 20.1 Å². The van der Waals surface area contributed by atoms with Crippen LogP contribution in [-0.2, 0) is 5.38 Å². The summed E-state index contributed by atoms with van der Waals surface area (Å²) < 4.78 is 30.2. The van der Waals surface area contributed by atoms with Gasteiger partial charge in [-0.15, -0.1) is 0 Å². The zero-order valence-electron chi connectivity index (χ0n) is 12.8. The first kappa shape index (κ1) is 17.5. The van der Waals surface area contributed by atoms with E-state index in [1.165, 1.54) is 12.4 Å². The molecule has 2 heterocycles. The van der Waals surface area contributed by atoms with Crippen molar-refractivity contribution >= 4 is 29.2 Å². The summed E-state index contributed by atoms with van der Waals surface area (Å²) in [6.45, 7) is 1.91. The normalized spacial score (nSPS) is 12.8. The molecule has 1 unspecified atom stereocenters. The lowest BCUT2D eigenvalue weighted by atomic mass is 10.1. The molecule has 1 N–H and O–H groups in total. The van der Waals surface area contributed by atoms with Crippen molar-refractivity contribution in [2.75, 3.05) is 5.32 Å². The van der Waals surface area contributed by atoms with Crippen LogP contribution in [0.15, 0.2) is 41.2 Å². The molecule has 1 aromatic carbocycles. The second-order valence-electron chi connectivity index (χ2n) is 5.10. The number of nitrogens with one attached hydrogen (secondary N) is 1. The van der Waals surface area contributed by atoms with Crippen molar-refractivity contribution in [2.45, 2.75) is 18.3 Å². The van der Waals surface area contributed by atoms with E-state index in [9.17, 15) is 8.78 Å². The first-order chi connectivity index (χ1) is 11.8. The summed E-state index contributed by atoms with van der Waals surface area (Å²) >= 11 is 11.0. The molecule has 3 aromatic rings. The number of anilines is 1. The molecular formula is C15H11Cl2F2N5O. The Bertz CT molecular complexity index is 867. The zero-order valence-corrected chi connectivity index (χ0v) is 14.3. The Hall–Kier alpha value is -2.32. The molecule has 130 valence electrons. The van der Waals surface area contributed by atoms with Gasteiger partial charge in [0.15, 0.2) is 0 Å². The first-order valence-corrected chi connectivity index (χ1v) is 7.84. The largest absolute Gasteiger partial charge is 0.400 e. The lowest BCUT2D eigenvalue weighted by molar-refractivity contribution is 0.0551. The lowest BCUT2D eigenvalue weighted by Gasteiger charge is -2.15. The standard InChI is InChI=1S/C15H11Cl2F2N5O/c1-8(10-4-2-3-5-11(10)16)22-14-20-6-9(7-21-14)12-23-13(25-24-12)15(17,18)19/h2-8H,1H3,(H,20,21,22). The third kappa shape index (κ3) is 4.02. The third-order valence-corrected chi connectivity index (χ3v) is 3.80. The van der Waals surface area contributed by atoms with Crippen LogP contribution in [0.5, 0.6) is 0 Å². The average Bonchev–Trinajstić information content (AvgIpc) is 3.06. The first-order valence-electron chi connectivity index (χ1n) is 7.09.